The van der Waals surface area contributed by atoms with Gasteiger partial charge in [-0.2, -0.15) is 0 Å². The van der Waals surface area contributed by atoms with Crippen LogP contribution in [-0.2, 0) is 10.2 Å². The summed E-state index contributed by atoms with van der Waals surface area (Å²) in [5.41, 5.74) is 1.72. The van der Waals surface area contributed by atoms with Crippen LogP contribution in [-0.4, -0.2) is 16.1 Å². The van der Waals surface area contributed by atoms with E-state index in [4.69, 9.17) is 5.11 Å². The molecule has 0 aliphatic heterocycles. The summed E-state index contributed by atoms with van der Waals surface area (Å²) in [6.07, 6.45) is 2.01. The minimum atomic E-state index is -0.775. The predicted octanol–water partition coefficient (Wildman–Crippen LogP) is 3.68. The van der Waals surface area contributed by atoms with Crippen molar-refractivity contribution < 1.29 is 9.90 Å². The van der Waals surface area contributed by atoms with Crippen LogP contribution in [0.4, 0.5) is 0 Å². The normalized spacial score (nSPS) is 11.9. The molecule has 0 saturated heterocycles. The fraction of sp³-hybridized carbons (Fsp3) is 0.308. The van der Waals surface area contributed by atoms with E-state index in [1.165, 1.54) is 0 Å². The lowest BCUT2D eigenvalue weighted by atomic mass is 9.81. The number of hydrogen-bond acceptors (Lipinski definition) is 1. The number of carboxylic acids is 1. The zero-order valence-electron chi connectivity index (χ0n) is 9.75. The molecule has 1 aromatic carbocycles. The molecule has 0 aliphatic rings. The van der Waals surface area contributed by atoms with E-state index in [2.05, 4.69) is 20.9 Å². The molecule has 3 nitrogen and oxygen atoms in total. The van der Waals surface area contributed by atoms with Gasteiger partial charge in [0.05, 0.1) is 6.42 Å². The summed E-state index contributed by atoms with van der Waals surface area (Å²) in [6, 6.07) is 6.01. The quantitative estimate of drug-likeness (QED) is 0.907. The van der Waals surface area contributed by atoms with Gasteiger partial charge in [-0.1, -0.05) is 19.9 Å². The number of H-pyrrole nitrogens is 1. The number of fused-ring (bicyclic) bond motifs is 1. The van der Waals surface area contributed by atoms with E-state index in [9.17, 15) is 4.79 Å². The standard InChI is InChI=1S/C13H14BrNO2/c1-13(2,6-12(16)17)8-3-4-11-9(5-8)10(14)7-15-11/h3-5,7,15H,6H2,1-2H3,(H,16,17). The number of benzene rings is 1. The molecule has 0 saturated carbocycles. The summed E-state index contributed by atoms with van der Waals surface area (Å²) in [4.78, 5) is 14.0. The Kier molecular flexibility index (Phi) is 3.00. The maximum atomic E-state index is 10.9. The van der Waals surface area contributed by atoms with Crippen molar-refractivity contribution in [3.8, 4) is 0 Å². The zero-order valence-corrected chi connectivity index (χ0v) is 11.3. The second-order valence-corrected chi connectivity index (χ2v) is 5.71. The highest BCUT2D eigenvalue weighted by molar-refractivity contribution is 9.10. The Morgan fingerprint density at radius 1 is 1.47 bits per heavy atom. The van der Waals surface area contributed by atoms with Crippen LogP contribution < -0.4 is 0 Å². The molecule has 1 heterocycles. The Morgan fingerprint density at radius 2 is 2.18 bits per heavy atom. The van der Waals surface area contributed by atoms with E-state index in [0.717, 1.165) is 20.9 Å². The molecule has 0 bridgehead atoms. The van der Waals surface area contributed by atoms with Gasteiger partial charge in [0.25, 0.3) is 0 Å². The maximum absolute atomic E-state index is 10.9. The average molecular weight is 296 g/mol. The number of carbonyl (C=O) groups is 1. The van der Waals surface area contributed by atoms with Crippen LogP contribution in [0.25, 0.3) is 10.9 Å². The summed E-state index contributed by atoms with van der Waals surface area (Å²) >= 11 is 3.47. The number of hydrogen-bond donors (Lipinski definition) is 2. The first-order chi connectivity index (χ1) is 7.90. The summed E-state index contributed by atoms with van der Waals surface area (Å²) in [5.74, 6) is -0.775. The van der Waals surface area contributed by atoms with E-state index in [0.29, 0.717) is 0 Å². The van der Waals surface area contributed by atoms with Gasteiger partial charge < -0.3 is 10.1 Å². The lowest BCUT2D eigenvalue weighted by molar-refractivity contribution is -0.138. The maximum Gasteiger partial charge on any atom is 0.304 e. The van der Waals surface area contributed by atoms with Crippen molar-refractivity contribution in [2.45, 2.75) is 25.7 Å². The average Bonchev–Trinajstić information content (AvgIpc) is 2.58. The molecule has 2 rings (SSSR count). The molecule has 0 aliphatic carbocycles. The van der Waals surface area contributed by atoms with E-state index in [1.54, 1.807) is 0 Å². The molecule has 0 atom stereocenters. The van der Waals surface area contributed by atoms with Gasteiger partial charge >= 0.3 is 5.97 Å². The van der Waals surface area contributed by atoms with Gasteiger partial charge in [-0.3, -0.25) is 4.79 Å². The van der Waals surface area contributed by atoms with E-state index in [-0.39, 0.29) is 11.8 Å². The molecular weight excluding hydrogens is 282 g/mol. The summed E-state index contributed by atoms with van der Waals surface area (Å²) in [7, 11) is 0. The monoisotopic (exact) mass is 295 g/mol. The second kappa shape index (κ2) is 4.18. The van der Waals surface area contributed by atoms with E-state index < -0.39 is 5.97 Å². The minimum absolute atomic E-state index is 0.126. The first-order valence-corrected chi connectivity index (χ1v) is 6.18. The van der Waals surface area contributed by atoms with Crippen LogP contribution in [0.3, 0.4) is 0 Å². The SMILES string of the molecule is CC(C)(CC(=O)O)c1ccc2[nH]cc(Br)c2c1. The van der Waals surface area contributed by atoms with Gasteiger partial charge in [-0.05, 0) is 33.6 Å². The van der Waals surface area contributed by atoms with Crippen LogP contribution in [0.15, 0.2) is 28.9 Å². The van der Waals surface area contributed by atoms with Crippen LogP contribution >= 0.6 is 15.9 Å². The first-order valence-electron chi connectivity index (χ1n) is 5.39. The fourth-order valence-electron chi connectivity index (χ4n) is 1.99. The minimum Gasteiger partial charge on any atom is -0.481 e. The Morgan fingerprint density at radius 3 is 2.82 bits per heavy atom. The smallest absolute Gasteiger partial charge is 0.304 e. The summed E-state index contributed by atoms with van der Waals surface area (Å²) < 4.78 is 1.00. The number of aliphatic carboxylic acids is 1. The molecule has 0 radical (unpaired) electrons. The lowest BCUT2D eigenvalue weighted by Crippen LogP contribution is -2.21. The Hall–Kier alpha value is -1.29. The third-order valence-electron chi connectivity index (χ3n) is 3.01. The van der Waals surface area contributed by atoms with Crippen LogP contribution in [0, 0.1) is 0 Å². The number of aromatic nitrogens is 1. The van der Waals surface area contributed by atoms with Crippen molar-refractivity contribution in [1.29, 1.82) is 0 Å². The highest BCUT2D eigenvalue weighted by atomic mass is 79.9. The largest absolute Gasteiger partial charge is 0.481 e. The second-order valence-electron chi connectivity index (χ2n) is 4.85. The van der Waals surface area contributed by atoms with Gasteiger partial charge in [0.15, 0.2) is 0 Å². The fourth-order valence-corrected chi connectivity index (χ4v) is 2.43. The van der Waals surface area contributed by atoms with Crippen LogP contribution in [0.2, 0.25) is 0 Å². The Balaban J connectivity index is 2.48. The topological polar surface area (TPSA) is 53.1 Å². The van der Waals surface area contributed by atoms with Crippen molar-refractivity contribution in [2.24, 2.45) is 0 Å². The number of halogens is 1. The van der Waals surface area contributed by atoms with E-state index in [1.807, 2.05) is 38.2 Å². The van der Waals surface area contributed by atoms with Gasteiger partial charge in [-0.25, -0.2) is 0 Å². The molecule has 2 N–H and O–H groups in total. The third-order valence-corrected chi connectivity index (χ3v) is 3.66. The number of nitrogens with one attached hydrogen (secondary N) is 1. The molecule has 0 amide bonds. The molecule has 2 aromatic rings. The van der Waals surface area contributed by atoms with Gasteiger partial charge in [-0.15, -0.1) is 0 Å². The van der Waals surface area contributed by atoms with Crippen molar-refractivity contribution >= 4 is 32.8 Å². The molecule has 90 valence electrons. The molecule has 0 fully saturated rings. The predicted molar refractivity (Wildman–Crippen MR) is 71.3 cm³/mol. The van der Waals surface area contributed by atoms with Crippen molar-refractivity contribution in [3.05, 3.63) is 34.4 Å². The van der Waals surface area contributed by atoms with E-state index >= 15 is 0 Å². The highest BCUT2D eigenvalue weighted by Gasteiger charge is 2.24. The highest BCUT2D eigenvalue weighted by Crippen LogP contribution is 2.32. The van der Waals surface area contributed by atoms with Gasteiger partial charge in [0, 0.05) is 27.0 Å². The Bertz CT molecular complexity index is 572. The zero-order chi connectivity index (χ0) is 12.6. The van der Waals surface area contributed by atoms with Gasteiger partial charge in [0.2, 0.25) is 0 Å². The summed E-state index contributed by atoms with van der Waals surface area (Å²) in [6.45, 7) is 3.89. The third kappa shape index (κ3) is 2.36. The van der Waals surface area contributed by atoms with Crippen LogP contribution in [0.1, 0.15) is 25.8 Å². The lowest BCUT2D eigenvalue weighted by Gasteiger charge is -2.23. The molecule has 1 aromatic heterocycles. The molecule has 0 unspecified atom stereocenters. The summed E-state index contributed by atoms with van der Waals surface area (Å²) in [5, 5.41) is 10.0. The number of carboxylic acid groups (broad SMARTS) is 1. The molecule has 0 spiro atoms. The first kappa shape index (κ1) is 12.2. The van der Waals surface area contributed by atoms with Crippen LogP contribution in [0.5, 0.6) is 0 Å². The van der Waals surface area contributed by atoms with Gasteiger partial charge in [0.1, 0.15) is 0 Å². The molecular formula is C13H14BrNO2. The van der Waals surface area contributed by atoms with Crippen molar-refractivity contribution in [1.82, 2.24) is 4.98 Å². The molecule has 17 heavy (non-hydrogen) atoms. The molecule has 4 heteroatoms. The Labute approximate surface area is 108 Å². The number of rotatable bonds is 3. The van der Waals surface area contributed by atoms with Crippen molar-refractivity contribution in [3.63, 3.8) is 0 Å². The number of aromatic amines is 1. The van der Waals surface area contributed by atoms with Crippen molar-refractivity contribution in [2.75, 3.05) is 0 Å².